The molecule has 14 heteroatoms. The number of ether oxygens (including phenoxy) is 2. The average Bonchev–Trinajstić information content (AvgIpc) is 3.37. The highest BCUT2D eigenvalue weighted by molar-refractivity contribution is 7.45. The third-order valence-electron chi connectivity index (χ3n) is 5.92. The highest BCUT2D eigenvalue weighted by Crippen LogP contribution is 2.43. The van der Waals surface area contributed by atoms with Crippen LogP contribution in [0.4, 0.5) is 23.3 Å². The Morgan fingerprint density at radius 1 is 1.33 bits per heavy atom. The predicted octanol–water partition coefficient (Wildman–Crippen LogP) is 2.73. The number of anilines is 4. The maximum Gasteiger partial charge on any atom is 0.323 e. The van der Waals surface area contributed by atoms with Crippen molar-refractivity contribution >= 4 is 49.4 Å². The lowest BCUT2D eigenvalue weighted by molar-refractivity contribution is -0.142. The Bertz CT molecular complexity index is 1080. The Kier molecular flexibility index (Phi) is 8.21. The zero-order valence-electron chi connectivity index (χ0n) is 20.6. The molecule has 5 unspecified atom stereocenters. The van der Waals surface area contributed by atoms with Crippen LogP contribution in [0.25, 0.3) is 0 Å². The van der Waals surface area contributed by atoms with Gasteiger partial charge in [0.15, 0.2) is 11.6 Å². The topological polar surface area (TPSA) is 150 Å². The molecule has 4 rings (SSSR count). The van der Waals surface area contributed by atoms with Crippen molar-refractivity contribution in [2.45, 2.75) is 38.6 Å². The van der Waals surface area contributed by atoms with E-state index in [0.29, 0.717) is 29.1 Å². The van der Waals surface area contributed by atoms with Crippen LogP contribution in [0.3, 0.4) is 0 Å². The second-order valence-electron chi connectivity index (χ2n) is 8.78. The van der Waals surface area contributed by atoms with Gasteiger partial charge in [-0.25, -0.2) is 5.09 Å². The van der Waals surface area contributed by atoms with Crippen LogP contribution in [0.15, 0.2) is 24.3 Å². The first-order valence-corrected chi connectivity index (χ1v) is 13.0. The van der Waals surface area contributed by atoms with Gasteiger partial charge in [0.2, 0.25) is 5.95 Å². The molecule has 1 saturated heterocycles. The number of benzene rings is 1. The highest BCUT2D eigenvalue weighted by Gasteiger charge is 2.42. The average molecular weight is 540 g/mol. The molecular weight excluding hydrogens is 509 g/mol. The van der Waals surface area contributed by atoms with Gasteiger partial charge in [-0.05, 0) is 37.6 Å². The molecule has 12 nitrogen and oxygen atoms in total. The number of aromatic nitrogens is 2. The first-order valence-electron chi connectivity index (χ1n) is 11.4. The molecule has 5 atom stereocenters. The van der Waals surface area contributed by atoms with E-state index in [0.717, 1.165) is 12.1 Å². The van der Waals surface area contributed by atoms with Gasteiger partial charge in [-0.1, -0.05) is 18.5 Å². The summed E-state index contributed by atoms with van der Waals surface area (Å²) in [6, 6.07) is 6.27. The molecule has 5 N–H and O–H groups in total. The molecule has 0 radical (unpaired) electrons. The van der Waals surface area contributed by atoms with Crippen molar-refractivity contribution in [3.05, 3.63) is 29.3 Å². The molecule has 0 spiro atoms. The second-order valence-corrected chi connectivity index (χ2v) is 10.4. The zero-order chi connectivity index (χ0) is 26.0. The van der Waals surface area contributed by atoms with E-state index in [1.807, 2.05) is 16.8 Å². The number of fused-ring (bicyclic) bond motifs is 1. The third-order valence-corrected chi connectivity index (χ3v) is 7.53. The van der Waals surface area contributed by atoms with Crippen LogP contribution in [0.5, 0.6) is 5.75 Å². The van der Waals surface area contributed by atoms with Crippen molar-refractivity contribution in [2.75, 3.05) is 48.7 Å². The monoisotopic (exact) mass is 539 g/mol. The molecule has 0 bridgehead atoms. The van der Waals surface area contributed by atoms with Gasteiger partial charge in [0.25, 0.3) is 0 Å². The van der Waals surface area contributed by atoms with Gasteiger partial charge >= 0.3 is 14.5 Å². The lowest BCUT2D eigenvalue weighted by Gasteiger charge is -2.28. The lowest BCUT2D eigenvalue weighted by atomic mass is 10.1. The van der Waals surface area contributed by atoms with Crippen LogP contribution in [0, 0.1) is 5.92 Å². The minimum absolute atomic E-state index is 0.118. The fourth-order valence-corrected chi connectivity index (χ4v) is 5.58. The number of carbonyl (C=O) groups is 1. The Labute approximate surface area is 216 Å². The molecule has 1 aromatic heterocycles. The maximum atomic E-state index is 11.9. The molecule has 1 aromatic carbocycles. The van der Waals surface area contributed by atoms with Gasteiger partial charge in [0.1, 0.15) is 23.7 Å². The van der Waals surface area contributed by atoms with E-state index in [1.165, 1.54) is 7.11 Å². The Balaban J connectivity index is 1.42. The number of nitrogens with one attached hydrogen (secondary N) is 1. The Morgan fingerprint density at radius 3 is 2.75 bits per heavy atom. The molecule has 36 heavy (non-hydrogen) atoms. The Hall–Kier alpha value is -2.63. The van der Waals surface area contributed by atoms with Gasteiger partial charge in [-0.2, -0.15) is 9.97 Å². The standard InChI is InChI=1S/C22H31ClN7O5P/c1-12-9-16(34-20(12)30-11-29(3)17-18(24)26-22(25)27-19(17)30)10-33-36(28-13(2)21(31)32-4)35-15-7-5-14(23)6-8-15/h5-8,12-13,16,20,28H,9-11H2,1-4H3,(H4,24,25,26,27). The number of hydrogen-bond acceptors (Lipinski definition) is 12. The van der Waals surface area contributed by atoms with E-state index >= 15 is 0 Å². The van der Waals surface area contributed by atoms with Crippen molar-refractivity contribution in [1.82, 2.24) is 15.1 Å². The summed E-state index contributed by atoms with van der Waals surface area (Å²) in [5.41, 5.74) is 12.7. The minimum Gasteiger partial charge on any atom is -0.468 e. The number of carbonyl (C=O) groups excluding carboxylic acids is 1. The first kappa shape index (κ1) is 26.4. The van der Waals surface area contributed by atoms with E-state index in [1.54, 1.807) is 31.2 Å². The van der Waals surface area contributed by atoms with E-state index in [4.69, 9.17) is 41.6 Å². The normalized spacial score (nSPS) is 22.9. The predicted molar refractivity (Wildman–Crippen MR) is 139 cm³/mol. The van der Waals surface area contributed by atoms with Crippen molar-refractivity contribution in [1.29, 1.82) is 0 Å². The van der Waals surface area contributed by atoms with E-state index in [-0.39, 0.29) is 30.8 Å². The maximum absolute atomic E-state index is 11.9. The number of nitrogen functional groups attached to an aromatic ring is 2. The highest BCUT2D eigenvalue weighted by atomic mass is 35.5. The van der Waals surface area contributed by atoms with Gasteiger partial charge < -0.3 is 39.8 Å². The van der Waals surface area contributed by atoms with Crippen molar-refractivity contribution in [3.63, 3.8) is 0 Å². The summed E-state index contributed by atoms with van der Waals surface area (Å²) in [5.74, 6) is 1.43. The second kappa shape index (κ2) is 11.2. The summed E-state index contributed by atoms with van der Waals surface area (Å²) in [7, 11) is 1.57. The number of nitrogens with zero attached hydrogens (tertiary/aromatic N) is 4. The number of nitrogens with two attached hydrogens (primary N) is 2. The molecule has 3 heterocycles. The van der Waals surface area contributed by atoms with Gasteiger partial charge in [-0.15, -0.1) is 0 Å². The quantitative estimate of drug-likeness (QED) is 0.317. The summed E-state index contributed by atoms with van der Waals surface area (Å²) >= 11 is 5.98. The minimum atomic E-state index is -1.69. The molecule has 2 aliphatic heterocycles. The molecule has 2 aromatic rings. The number of hydrogen-bond donors (Lipinski definition) is 3. The molecule has 0 aliphatic carbocycles. The van der Waals surface area contributed by atoms with Crippen LogP contribution in [0.1, 0.15) is 20.3 Å². The van der Waals surface area contributed by atoms with E-state index < -0.39 is 20.5 Å². The largest absolute Gasteiger partial charge is 0.468 e. The van der Waals surface area contributed by atoms with E-state index in [9.17, 15) is 4.79 Å². The summed E-state index contributed by atoms with van der Waals surface area (Å²) < 4.78 is 23.3. The summed E-state index contributed by atoms with van der Waals surface area (Å²) in [5, 5.41) is 3.65. The number of rotatable bonds is 9. The molecule has 1 fully saturated rings. The van der Waals surface area contributed by atoms with Gasteiger partial charge in [0.05, 0.1) is 26.5 Å². The number of esters is 1. The Morgan fingerprint density at radius 2 is 2.06 bits per heavy atom. The summed E-state index contributed by atoms with van der Waals surface area (Å²) in [4.78, 5) is 24.5. The smallest absolute Gasteiger partial charge is 0.323 e. The SMILES string of the molecule is COC(=O)C(C)NP(OCC1CC(C)C(N2CN(C)c3c(N)nc(N)nc32)O1)Oc1ccc(Cl)cc1. The van der Waals surface area contributed by atoms with Crippen molar-refractivity contribution in [3.8, 4) is 5.75 Å². The zero-order valence-corrected chi connectivity index (χ0v) is 22.2. The number of methoxy groups -OCH3 is 1. The fourth-order valence-electron chi connectivity index (χ4n) is 4.24. The van der Waals surface area contributed by atoms with Crippen LogP contribution in [-0.2, 0) is 18.8 Å². The van der Waals surface area contributed by atoms with Gasteiger partial charge in [-0.3, -0.25) is 4.79 Å². The van der Waals surface area contributed by atoms with Crippen molar-refractivity contribution in [2.24, 2.45) is 5.92 Å². The first-order chi connectivity index (χ1) is 17.2. The van der Waals surface area contributed by atoms with E-state index in [2.05, 4.69) is 22.0 Å². The van der Waals surface area contributed by atoms with Crippen molar-refractivity contribution < 1.29 is 23.3 Å². The van der Waals surface area contributed by atoms with Crippen LogP contribution in [-0.4, -0.2) is 61.7 Å². The fraction of sp³-hybridized carbons (Fsp3) is 0.500. The molecule has 2 aliphatic rings. The number of halogens is 1. The van der Waals surface area contributed by atoms with Crippen LogP contribution < -0.4 is 30.9 Å². The molecule has 0 saturated carbocycles. The lowest BCUT2D eigenvalue weighted by Crippen LogP contribution is -2.41. The molecular formula is C22H31ClN7O5P. The third kappa shape index (κ3) is 5.84. The van der Waals surface area contributed by atoms with Crippen LogP contribution in [0.2, 0.25) is 5.02 Å². The van der Waals surface area contributed by atoms with Crippen LogP contribution >= 0.6 is 20.1 Å². The van der Waals surface area contributed by atoms with Gasteiger partial charge in [0, 0.05) is 18.0 Å². The molecule has 196 valence electrons. The summed E-state index contributed by atoms with van der Waals surface area (Å²) in [6.07, 6.45) is 0.304. The summed E-state index contributed by atoms with van der Waals surface area (Å²) in [6.45, 7) is 4.60. The molecule has 0 amide bonds.